The van der Waals surface area contributed by atoms with Crippen LogP contribution < -0.4 is 5.32 Å². The highest BCUT2D eigenvalue weighted by atomic mass is 79.9. The summed E-state index contributed by atoms with van der Waals surface area (Å²) in [6.45, 7) is 0.127. The molecule has 24 heavy (non-hydrogen) atoms. The van der Waals surface area contributed by atoms with Crippen molar-refractivity contribution < 1.29 is 18.8 Å². The lowest BCUT2D eigenvalue weighted by molar-refractivity contribution is -0.385. The number of aromatic nitrogens is 1. The van der Waals surface area contributed by atoms with Crippen molar-refractivity contribution in [2.24, 2.45) is 0 Å². The number of rotatable bonds is 6. The van der Waals surface area contributed by atoms with Gasteiger partial charge in [0.05, 0.1) is 22.4 Å². The first kappa shape index (κ1) is 17.8. The number of nitrogens with zero attached hydrogens (tertiary/aromatic N) is 2. The third-order valence-electron chi connectivity index (χ3n) is 3.27. The molecule has 2 rings (SSSR count). The number of anilines is 1. The Balaban J connectivity index is 2.17. The number of nitro groups is 1. The number of benzene rings is 1. The normalized spacial score (nSPS) is 11.6. The summed E-state index contributed by atoms with van der Waals surface area (Å²) in [7, 11) is 1.26. The van der Waals surface area contributed by atoms with Crippen LogP contribution in [0, 0.1) is 15.9 Å². The molecule has 0 amide bonds. The van der Waals surface area contributed by atoms with Crippen LogP contribution in [0.15, 0.2) is 41.0 Å². The van der Waals surface area contributed by atoms with Crippen LogP contribution in [-0.4, -0.2) is 29.5 Å². The quantitative estimate of drug-likeness (QED) is 0.456. The van der Waals surface area contributed by atoms with E-state index < -0.39 is 22.6 Å². The fraction of sp³-hybridized carbons (Fsp3) is 0.200. The number of hydrogen-bond donors (Lipinski definition) is 1. The fourth-order valence-corrected chi connectivity index (χ4v) is 2.51. The lowest BCUT2D eigenvalue weighted by Gasteiger charge is -2.16. The largest absolute Gasteiger partial charge is 0.468 e. The summed E-state index contributed by atoms with van der Waals surface area (Å²) in [5, 5.41) is 13.6. The van der Waals surface area contributed by atoms with Crippen molar-refractivity contribution in [2.75, 3.05) is 19.0 Å². The van der Waals surface area contributed by atoms with E-state index in [1.165, 1.54) is 37.4 Å². The predicted molar refractivity (Wildman–Crippen MR) is 88.2 cm³/mol. The monoisotopic (exact) mass is 397 g/mol. The van der Waals surface area contributed by atoms with E-state index in [9.17, 15) is 19.3 Å². The van der Waals surface area contributed by atoms with Crippen molar-refractivity contribution in [2.45, 2.75) is 5.92 Å². The molecule has 0 bridgehead atoms. The smallest absolute Gasteiger partial charge is 0.314 e. The van der Waals surface area contributed by atoms with E-state index in [2.05, 4.69) is 26.2 Å². The van der Waals surface area contributed by atoms with Gasteiger partial charge in [-0.15, -0.1) is 0 Å². The molecule has 9 heteroatoms. The summed E-state index contributed by atoms with van der Waals surface area (Å²) < 4.78 is 18.2. The molecular formula is C15H13BrFN3O4. The minimum Gasteiger partial charge on any atom is -0.468 e. The van der Waals surface area contributed by atoms with Gasteiger partial charge >= 0.3 is 5.97 Å². The molecule has 126 valence electrons. The maximum atomic E-state index is 13.0. The number of halogens is 2. The van der Waals surface area contributed by atoms with Gasteiger partial charge in [0.2, 0.25) is 0 Å². The van der Waals surface area contributed by atoms with Crippen LogP contribution in [0.5, 0.6) is 0 Å². The Hall–Kier alpha value is -2.55. The van der Waals surface area contributed by atoms with Crippen LogP contribution in [0.2, 0.25) is 0 Å². The summed E-state index contributed by atoms with van der Waals surface area (Å²) in [4.78, 5) is 26.1. The van der Waals surface area contributed by atoms with Crippen molar-refractivity contribution in [1.29, 1.82) is 0 Å². The molecule has 0 fully saturated rings. The molecule has 2 aromatic rings. The molecule has 0 aliphatic carbocycles. The Morgan fingerprint density at radius 1 is 1.46 bits per heavy atom. The summed E-state index contributed by atoms with van der Waals surface area (Å²) in [5.74, 6) is -1.24. The molecule has 0 spiro atoms. The van der Waals surface area contributed by atoms with E-state index in [0.29, 0.717) is 15.9 Å². The molecule has 7 nitrogen and oxygen atoms in total. The van der Waals surface area contributed by atoms with Gasteiger partial charge in [-0.1, -0.05) is 12.1 Å². The average molecular weight is 398 g/mol. The van der Waals surface area contributed by atoms with Crippen LogP contribution >= 0.6 is 15.9 Å². The van der Waals surface area contributed by atoms with Gasteiger partial charge in [-0.3, -0.25) is 14.9 Å². The minimum atomic E-state index is -0.681. The summed E-state index contributed by atoms with van der Waals surface area (Å²) in [6, 6.07) is 6.81. The van der Waals surface area contributed by atoms with Gasteiger partial charge in [-0.2, -0.15) is 0 Å². The van der Waals surface area contributed by atoms with Crippen molar-refractivity contribution in [1.82, 2.24) is 4.98 Å². The highest BCUT2D eigenvalue weighted by Crippen LogP contribution is 2.26. The van der Waals surface area contributed by atoms with E-state index in [-0.39, 0.29) is 12.2 Å². The first-order valence-corrected chi connectivity index (χ1v) is 7.58. The van der Waals surface area contributed by atoms with Crippen molar-refractivity contribution in [3.63, 3.8) is 0 Å². The van der Waals surface area contributed by atoms with Gasteiger partial charge < -0.3 is 10.1 Å². The van der Waals surface area contributed by atoms with Gasteiger partial charge in [0, 0.05) is 12.6 Å². The Morgan fingerprint density at radius 2 is 2.12 bits per heavy atom. The average Bonchev–Trinajstić information content (AvgIpc) is 2.57. The Labute approximate surface area is 145 Å². The SMILES string of the molecule is COC(=O)C(CNc1ncc([N+](=O)[O-])cc1Br)c1ccc(F)cc1. The molecule has 1 aromatic carbocycles. The van der Waals surface area contributed by atoms with Crippen molar-refractivity contribution in [3.05, 3.63) is 62.5 Å². The second-order valence-corrected chi connectivity index (χ2v) is 5.64. The molecule has 1 heterocycles. The van der Waals surface area contributed by atoms with Crippen LogP contribution in [0.3, 0.4) is 0 Å². The maximum Gasteiger partial charge on any atom is 0.314 e. The maximum absolute atomic E-state index is 13.0. The Bertz CT molecular complexity index is 755. The standard InChI is InChI=1S/C15H13BrFN3O4/c1-24-15(21)12(9-2-4-10(17)5-3-9)8-19-14-13(16)6-11(7-18-14)20(22)23/h2-7,12H,8H2,1H3,(H,18,19). The lowest BCUT2D eigenvalue weighted by atomic mass is 9.99. The molecule has 1 N–H and O–H groups in total. The number of nitrogens with one attached hydrogen (secondary N) is 1. The number of ether oxygens (including phenoxy) is 1. The molecule has 1 unspecified atom stereocenters. The van der Waals surface area contributed by atoms with Gasteiger partial charge in [0.1, 0.15) is 17.8 Å². The van der Waals surface area contributed by atoms with Crippen LogP contribution in [0.25, 0.3) is 0 Å². The van der Waals surface area contributed by atoms with Crippen LogP contribution in [0.4, 0.5) is 15.9 Å². The van der Waals surface area contributed by atoms with Gasteiger partial charge in [-0.25, -0.2) is 9.37 Å². The van der Waals surface area contributed by atoms with Crippen LogP contribution in [-0.2, 0) is 9.53 Å². The molecule has 0 saturated heterocycles. The van der Waals surface area contributed by atoms with Crippen molar-refractivity contribution in [3.8, 4) is 0 Å². The minimum absolute atomic E-state index is 0.127. The number of methoxy groups -OCH3 is 1. The van der Waals surface area contributed by atoms with Crippen molar-refractivity contribution >= 4 is 33.4 Å². The summed E-state index contributed by atoms with van der Waals surface area (Å²) >= 11 is 3.19. The second-order valence-electron chi connectivity index (χ2n) is 4.79. The fourth-order valence-electron chi connectivity index (χ4n) is 2.03. The van der Waals surface area contributed by atoms with Gasteiger partial charge in [0.15, 0.2) is 0 Å². The number of carbonyl (C=O) groups is 1. The van der Waals surface area contributed by atoms with E-state index in [1.54, 1.807) is 0 Å². The molecule has 0 radical (unpaired) electrons. The van der Waals surface area contributed by atoms with E-state index in [4.69, 9.17) is 4.74 Å². The number of esters is 1. The highest BCUT2D eigenvalue weighted by Gasteiger charge is 2.22. The molecule has 1 aromatic heterocycles. The van der Waals surface area contributed by atoms with Crippen LogP contribution in [0.1, 0.15) is 11.5 Å². The van der Waals surface area contributed by atoms with E-state index in [0.717, 1.165) is 6.20 Å². The summed E-state index contributed by atoms with van der Waals surface area (Å²) in [6.07, 6.45) is 1.11. The molecule has 0 aliphatic rings. The Morgan fingerprint density at radius 3 is 2.67 bits per heavy atom. The van der Waals surface area contributed by atoms with Gasteiger partial charge in [0.25, 0.3) is 5.69 Å². The lowest BCUT2D eigenvalue weighted by Crippen LogP contribution is -2.23. The number of carbonyl (C=O) groups excluding carboxylic acids is 1. The zero-order valence-electron chi connectivity index (χ0n) is 12.5. The first-order chi connectivity index (χ1) is 11.4. The number of hydrogen-bond acceptors (Lipinski definition) is 6. The zero-order valence-corrected chi connectivity index (χ0v) is 14.1. The third kappa shape index (κ3) is 4.25. The Kier molecular flexibility index (Phi) is 5.80. The molecule has 0 aliphatic heterocycles. The highest BCUT2D eigenvalue weighted by molar-refractivity contribution is 9.10. The third-order valence-corrected chi connectivity index (χ3v) is 3.87. The molecular weight excluding hydrogens is 385 g/mol. The number of pyridine rings is 1. The molecule has 1 atom stereocenters. The second kappa shape index (κ2) is 7.82. The van der Waals surface area contributed by atoms with Gasteiger partial charge in [-0.05, 0) is 33.6 Å². The molecule has 0 saturated carbocycles. The first-order valence-electron chi connectivity index (χ1n) is 6.79. The topological polar surface area (TPSA) is 94.4 Å². The predicted octanol–water partition coefficient (Wildman–Crippen LogP) is 3.26. The zero-order chi connectivity index (χ0) is 17.7. The van der Waals surface area contributed by atoms with E-state index in [1.807, 2.05) is 0 Å². The van der Waals surface area contributed by atoms with E-state index >= 15 is 0 Å². The summed E-state index contributed by atoms with van der Waals surface area (Å²) in [5.41, 5.74) is 0.421.